The van der Waals surface area contributed by atoms with Gasteiger partial charge < -0.3 is 5.32 Å². The molecule has 0 saturated heterocycles. The summed E-state index contributed by atoms with van der Waals surface area (Å²) in [4.78, 5) is 12.6. The molecule has 17 heavy (non-hydrogen) atoms. The molecule has 94 valence electrons. The van der Waals surface area contributed by atoms with Gasteiger partial charge in [0.25, 0.3) is 0 Å². The van der Waals surface area contributed by atoms with E-state index in [9.17, 15) is 4.79 Å². The van der Waals surface area contributed by atoms with Gasteiger partial charge in [-0.15, -0.1) is 11.8 Å². The third-order valence-corrected chi connectivity index (χ3v) is 3.64. The van der Waals surface area contributed by atoms with E-state index in [0.29, 0.717) is 6.42 Å². The number of thioether (sulfide) groups is 1. The van der Waals surface area contributed by atoms with Gasteiger partial charge in [0, 0.05) is 23.6 Å². The maximum Gasteiger partial charge on any atom is 0.220 e. The number of rotatable bonds is 6. The fraction of sp³-hybridized carbons (Fsp3) is 0.500. The third-order valence-electron chi connectivity index (χ3n) is 2.65. The molecule has 0 heterocycles. The molecule has 1 aromatic rings. The molecule has 2 nitrogen and oxygen atoms in total. The highest BCUT2D eigenvalue weighted by Crippen LogP contribution is 2.21. The van der Waals surface area contributed by atoms with Crippen LogP contribution in [0.2, 0.25) is 0 Å². The quantitative estimate of drug-likeness (QED) is 0.786. The Morgan fingerprint density at radius 1 is 1.29 bits per heavy atom. The Kier molecular flexibility index (Phi) is 6.12. The SMILES string of the molecule is CCCNC(=O)CCSc1ccc(C)c(C)c1. The van der Waals surface area contributed by atoms with Gasteiger partial charge in [-0.3, -0.25) is 4.79 Å². The van der Waals surface area contributed by atoms with Gasteiger partial charge >= 0.3 is 0 Å². The number of hydrogen-bond donors (Lipinski definition) is 1. The van der Waals surface area contributed by atoms with Crippen molar-refractivity contribution in [1.29, 1.82) is 0 Å². The van der Waals surface area contributed by atoms with Gasteiger partial charge in [0.1, 0.15) is 0 Å². The minimum Gasteiger partial charge on any atom is -0.356 e. The van der Waals surface area contributed by atoms with Crippen molar-refractivity contribution in [2.24, 2.45) is 0 Å². The van der Waals surface area contributed by atoms with E-state index in [4.69, 9.17) is 0 Å². The molecule has 1 N–H and O–H groups in total. The zero-order valence-corrected chi connectivity index (χ0v) is 11.7. The van der Waals surface area contributed by atoms with Crippen LogP contribution in [0.1, 0.15) is 30.9 Å². The Labute approximate surface area is 108 Å². The molecule has 0 atom stereocenters. The van der Waals surface area contributed by atoms with E-state index in [2.05, 4.69) is 44.3 Å². The van der Waals surface area contributed by atoms with Gasteiger partial charge in [-0.1, -0.05) is 13.0 Å². The first-order valence-corrected chi connectivity index (χ1v) is 7.08. The summed E-state index contributed by atoms with van der Waals surface area (Å²) in [6, 6.07) is 6.44. The minimum absolute atomic E-state index is 0.156. The molecular weight excluding hydrogens is 230 g/mol. The van der Waals surface area contributed by atoms with Gasteiger partial charge in [-0.2, -0.15) is 0 Å². The monoisotopic (exact) mass is 251 g/mol. The fourth-order valence-electron chi connectivity index (χ4n) is 1.42. The zero-order chi connectivity index (χ0) is 12.7. The second kappa shape index (κ2) is 7.38. The van der Waals surface area contributed by atoms with E-state index < -0.39 is 0 Å². The highest BCUT2D eigenvalue weighted by atomic mass is 32.2. The number of carbonyl (C=O) groups excluding carboxylic acids is 1. The lowest BCUT2D eigenvalue weighted by molar-refractivity contribution is -0.120. The predicted molar refractivity (Wildman–Crippen MR) is 74.6 cm³/mol. The standard InChI is InChI=1S/C14H21NOS/c1-4-8-15-14(16)7-9-17-13-6-5-11(2)12(3)10-13/h5-6,10H,4,7-9H2,1-3H3,(H,15,16). The maximum absolute atomic E-state index is 11.4. The highest BCUT2D eigenvalue weighted by Gasteiger charge is 2.01. The Bertz CT molecular complexity index is 376. The van der Waals surface area contributed by atoms with E-state index in [1.807, 2.05) is 0 Å². The molecule has 0 spiro atoms. The summed E-state index contributed by atoms with van der Waals surface area (Å²) in [6.45, 7) is 7.08. The molecule has 0 aliphatic heterocycles. The number of benzene rings is 1. The van der Waals surface area contributed by atoms with Crippen molar-refractivity contribution >= 4 is 17.7 Å². The average Bonchev–Trinajstić information content (AvgIpc) is 2.31. The van der Waals surface area contributed by atoms with E-state index in [1.165, 1.54) is 16.0 Å². The lowest BCUT2D eigenvalue weighted by atomic mass is 10.1. The number of amides is 1. The summed E-state index contributed by atoms with van der Waals surface area (Å²) in [7, 11) is 0. The first-order chi connectivity index (χ1) is 8.13. The van der Waals surface area contributed by atoms with Gasteiger partial charge in [0.2, 0.25) is 5.91 Å². The molecule has 1 rings (SSSR count). The average molecular weight is 251 g/mol. The highest BCUT2D eigenvalue weighted by molar-refractivity contribution is 7.99. The second-order valence-corrected chi connectivity index (χ2v) is 5.36. The van der Waals surface area contributed by atoms with Crippen LogP contribution in [-0.2, 0) is 4.79 Å². The van der Waals surface area contributed by atoms with E-state index >= 15 is 0 Å². The molecule has 0 saturated carbocycles. The van der Waals surface area contributed by atoms with Crippen molar-refractivity contribution in [2.45, 2.75) is 38.5 Å². The van der Waals surface area contributed by atoms with Gasteiger partial charge in [0.05, 0.1) is 0 Å². The van der Waals surface area contributed by atoms with Gasteiger partial charge in [-0.05, 0) is 43.5 Å². The summed E-state index contributed by atoms with van der Waals surface area (Å²) in [5, 5.41) is 2.89. The zero-order valence-electron chi connectivity index (χ0n) is 10.9. The molecular formula is C14H21NOS. The Balaban J connectivity index is 2.30. The summed E-state index contributed by atoms with van der Waals surface area (Å²) in [5.74, 6) is 1.00. The summed E-state index contributed by atoms with van der Waals surface area (Å²) in [5.41, 5.74) is 2.63. The maximum atomic E-state index is 11.4. The number of carbonyl (C=O) groups is 1. The lowest BCUT2D eigenvalue weighted by Gasteiger charge is -2.05. The van der Waals surface area contributed by atoms with Crippen LogP contribution in [-0.4, -0.2) is 18.2 Å². The Morgan fingerprint density at radius 2 is 2.06 bits per heavy atom. The molecule has 0 aliphatic rings. The fourth-order valence-corrected chi connectivity index (χ4v) is 2.37. The van der Waals surface area contributed by atoms with Crippen LogP contribution in [0.15, 0.2) is 23.1 Å². The minimum atomic E-state index is 0.156. The summed E-state index contributed by atoms with van der Waals surface area (Å²) >= 11 is 1.74. The van der Waals surface area contributed by atoms with Crippen LogP contribution in [0.25, 0.3) is 0 Å². The van der Waals surface area contributed by atoms with Crippen LogP contribution in [0.3, 0.4) is 0 Å². The molecule has 0 unspecified atom stereocenters. The first-order valence-electron chi connectivity index (χ1n) is 6.10. The van der Waals surface area contributed by atoms with Crippen molar-refractivity contribution < 1.29 is 4.79 Å². The van der Waals surface area contributed by atoms with Crippen molar-refractivity contribution in [2.75, 3.05) is 12.3 Å². The molecule has 0 bridgehead atoms. The molecule has 0 fully saturated rings. The Morgan fingerprint density at radius 3 is 2.71 bits per heavy atom. The van der Waals surface area contributed by atoms with Gasteiger partial charge in [-0.25, -0.2) is 0 Å². The van der Waals surface area contributed by atoms with Crippen molar-refractivity contribution in [3.05, 3.63) is 29.3 Å². The lowest BCUT2D eigenvalue weighted by Crippen LogP contribution is -2.24. The molecule has 0 aliphatic carbocycles. The largest absolute Gasteiger partial charge is 0.356 e. The predicted octanol–water partition coefficient (Wildman–Crippen LogP) is 3.31. The van der Waals surface area contributed by atoms with Crippen LogP contribution in [0, 0.1) is 13.8 Å². The van der Waals surface area contributed by atoms with E-state index in [0.717, 1.165) is 18.7 Å². The normalized spacial score (nSPS) is 10.3. The van der Waals surface area contributed by atoms with Crippen LogP contribution in [0.4, 0.5) is 0 Å². The molecule has 0 aromatic heterocycles. The van der Waals surface area contributed by atoms with Crippen molar-refractivity contribution in [1.82, 2.24) is 5.32 Å². The topological polar surface area (TPSA) is 29.1 Å². The molecule has 1 amide bonds. The number of aryl methyl sites for hydroxylation is 2. The first kappa shape index (κ1) is 14.1. The summed E-state index contributed by atoms with van der Waals surface area (Å²) in [6.07, 6.45) is 1.59. The summed E-state index contributed by atoms with van der Waals surface area (Å²) < 4.78 is 0. The van der Waals surface area contributed by atoms with Crippen molar-refractivity contribution in [3.8, 4) is 0 Å². The smallest absolute Gasteiger partial charge is 0.220 e. The van der Waals surface area contributed by atoms with E-state index in [-0.39, 0.29) is 5.91 Å². The van der Waals surface area contributed by atoms with Crippen LogP contribution >= 0.6 is 11.8 Å². The van der Waals surface area contributed by atoms with Crippen LogP contribution < -0.4 is 5.32 Å². The van der Waals surface area contributed by atoms with E-state index in [1.54, 1.807) is 11.8 Å². The molecule has 1 aromatic carbocycles. The molecule has 3 heteroatoms. The van der Waals surface area contributed by atoms with Crippen molar-refractivity contribution in [3.63, 3.8) is 0 Å². The number of nitrogens with one attached hydrogen (secondary N) is 1. The third kappa shape index (κ3) is 5.26. The second-order valence-electron chi connectivity index (χ2n) is 4.19. The van der Waals surface area contributed by atoms with Gasteiger partial charge in [0.15, 0.2) is 0 Å². The van der Waals surface area contributed by atoms with Crippen LogP contribution in [0.5, 0.6) is 0 Å². The number of hydrogen-bond acceptors (Lipinski definition) is 2. The molecule has 0 radical (unpaired) electrons. The Hall–Kier alpha value is -0.960.